The van der Waals surface area contributed by atoms with Crippen LogP contribution in [-0.4, -0.2) is 24.5 Å². The molecule has 89 valence electrons. The van der Waals surface area contributed by atoms with E-state index in [-0.39, 0.29) is 32.7 Å². The van der Waals surface area contributed by atoms with Crippen molar-refractivity contribution in [1.82, 2.24) is 4.90 Å². The van der Waals surface area contributed by atoms with Gasteiger partial charge in [0.2, 0.25) is 0 Å². The molecular formula is C13H28NY-. The Bertz CT molecular complexity index is 126. The van der Waals surface area contributed by atoms with Gasteiger partial charge in [0.25, 0.3) is 0 Å². The maximum absolute atomic E-state index is 2.46. The van der Waals surface area contributed by atoms with E-state index in [1.54, 1.807) is 0 Å². The summed E-state index contributed by atoms with van der Waals surface area (Å²) in [5.41, 5.74) is 0.507. The van der Waals surface area contributed by atoms with Gasteiger partial charge in [-0.25, -0.2) is 0 Å². The van der Waals surface area contributed by atoms with Crippen molar-refractivity contribution >= 4 is 0 Å². The summed E-state index contributed by atoms with van der Waals surface area (Å²) in [5.74, 6) is 0. The molecule has 0 saturated heterocycles. The molecule has 1 saturated carbocycles. The van der Waals surface area contributed by atoms with Crippen LogP contribution in [0.3, 0.4) is 0 Å². The average Bonchev–Trinajstić information content (AvgIpc) is 2.46. The smallest absolute Gasteiger partial charge is 0.0175 e. The first-order chi connectivity index (χ1) is 6.71. The van der Waals surface area contributed by atoms with E-state index in [1.807, 2.05) is 13.8 Å². The molecule has 0 heterocycles. The third kappa shape index (κ3) is 5.79. The van der Waals surface area contributed by atoms with Crippen LogP contribution in [0.5, 0.6) is 0 Å². The van der Waals surface area contributed by atoms with E-state index in [2.05, 4.69) is 32.3 Å². The van der Waals surface area contributed by atoms with Gasteiger partial charge in [-0.05, 0) is 26.9 Å². The summed E-state index contributed by atoms with van der Waals surface area (Å²) in [6.45, 7) is 6.32. The van der Waals surface area contributed by atoms with Crippen LogP contribution in [0.25, 0.3) is 0 Å². The molecule has 0 aromatic rings. The first-order valence-corrected chi connectivity index (χ1v) is 6.20. The van der Waals surface area contributed by atoms with Crippen LogP contribution in [0.15, 0.2) is 0 Å². The van der Waals surface area contributed by atoms with Gasteiger partial charge in [-0.15, -0.1) is 0 Å². The average molecular weight is 287 g/mol. The normalized spacial score (nSPS) is 26.0. The summed E-state index contributed by atoms with van der Waals surface area (Å²) >= 11 is 0. The van der Waals surface area contributed by atoms with Crippen LogP contribution < -0.4 is 0 Å². The van der Waals surface area contributed by atoms with Crippen molar-refractivity contribution in [2.45, 2.75) is 64.8 Å². The summed E-state index contributed by atoms with van der Waals surface area (Å²) < 4.78 is 0. The topological polar surface area (TPSA) is 3.24 Å². The Labute approximate surface area is 122 Å². The van der Waals surface area contributed by atoms with Gasteiger partial charge >= 0.3 is 0 Å². The second-order valence-electron chi connectivity index (χ2n) is 4.19. The third-order valence-corrected chi connectivity index (χ3v) is 3.47. The first-order valence-electron chi connectivity index (χ1n) is 6.20. The molecule has 0 amide bonds. The molecule has 1 unspecified atom stereocenters. The van der Waals surface area contributed by atoms with Crippen LogP contribution in [0.1, 0.15) is 59.3 Å². The zero-order valence-electron chi connectivity index (χ0n) is 11.3. The molecule has 1 aliphatic carbocycles. The molecule has 1 radical (unpaired) electrons. The van der Waals surface area contributed by atoms with E-state index >= 15 is 0 Å². The van der Waals surface area contributed by atoms with Gasteiger partial charge in [0.05, 0.1) is 0 Å². The molecule has 0 bridgehead atoms. The van der Waals surface area contributed by atoms with Crippen molar-refractivity contribution in [3.05, 3.63) is 6.42 Å². The number of rotatable bonds is 2. The quantitative estimate of drug-likeness (QED) is 0.550. The predicted molar refractivity (Wildman–Crippen MR) is 65.4 cm³/mol. The molecule has 0 aromatic heterocycles. The van der Waals surface area contributed by atoms with Crippen LogP contribution in [0, 0.1) is 6.42 Å². The molecule has 1 rings (SSSR count). The maximum Gasteiger partial charge on any atom is 0.0175 e. The Kier molecular flexibility index (Phi) is 12.6. The van der Waals surface area contributed by atoms with Crippen molar-refractivity contribution in [3.8, 4) is 0 Å². The minimum absolute atomic E-state index is 0. The number of hydrogen-bond acceptors (Lipinski definition) is 1. The van der Waals surface area contributed by atoms with Crippen molar-refractivity contribution in [2.24, 2.45) is 0 Å². The van der Waals surface area contributed by atoms with Gasteiger partial charge in [0.1, 0.15) is 0 Å². The van der Waals surface area contributed by atoms with Gasteiger partial charge in [-0.1, -0.05) is 33.6 Å². The summed E-state index contributed by atoms with van der Waals surface area (Å²) in [5, 5.41) is 0. The third-order valence-electron chi connectivity index (χ3n) is 3.47. The standard InChI is InChI=1S/C11H22N.C2H6.Y/c1-4-11(12(2)3)9-7-5-6-8-10-11;1-2;/h5H,4,6-10H2,1-3H3;1-2H3;/q-1;;. The second-order valence-corrected chi connectivity index (χ2v) is 4.19. The Balaban J connectivity index is 0. The van der Waals surface area contributed by atoms with Crippen molar-refractivity contribution in [3.63, 3.8) is 0 Å². The minimum Gasteiger partial charge on any atom is -0.328 e. The van der Waals surface area contributed by atoms with E-state index in [0.29, 0.717) is 5.54 Å². The molecule has 1 atom stereocenters. The van der Waals surface area contributed by atoms with Gasteiger partial charge < -0.3 is 11.3 Å². The zero-order chi connectivity index (χ0) is 11.0. The van der Waals surface area contributed by atoms with E-state index < -0.39 is 0 Å². The van der Waals surface area contributed by atoms with E-state index in [0.717, 1.165) is 0 Å². The summed E-state index contributed by atoms with van der Waals surface area (Å²) in [4.78, 5) is 2.44. The van der Waals surface area contributed by atoms with Crippen molar-refractivity contribution in [1.29, 1.82) is 0 Å². The molecule has 0 aliphatic heterocycles. The Morgan fingerprint density at radius 2 is 1.73 bits per heavy atom. The fourth-order valence-electron chi connectivity index (χ4n) is 2.33. The van der Waals surface area contributed by atoms with Crippen LogP contribution in [0.4, 0.5) is 0 Å². The van der Waals surface area contributed by atoms with E-state index in [9.17, 15) is 0 Å². The molecule has 2 heteroatoms. The number of nitrogens with zero attached hydrogens (tertiary/aromatic N) is 1. The monoisotopic (exact) mass is 287 g/mol. The van der Waals surface area contributed by atoms with Gasteiger partial charge in [-0.2, -0.15) is 12.8 Å². The Hall–Kier alpha value is 1.06. The first kappa shape index (κ1) is 18.4. The molecule has 1 nitrogen and oxygen atoms in total. The molecule has 0 aromatic carbocycles. The van der Waals surface area contributed by atoms with E-state index in [4.69, 9.17) is 0 Å². The van der Waals surface area contributed by atoms with Crippen LogP contribution in [0.2, 0.25) is 0 Å². The van der Waals surface area contributed by atoms with Gasteiger partial charge in [-0.3, -0.25) is 0 Å². The maximum atomic E-state index is 2.46. The summed E-state index contributed by atoms with van der Waals surface area (Å²) in [6, 6.07) is 0. The Morgan fingerprint density at radius 1 is 1.13 bits per heavy atom. The van der Waals surface area contributed by atoms with Crippen LogP contribution in [-0.2, 0) is 32.7 Å². The SMILES string of the molecule is CC.CCC1(N(C)C)CC[CH-]CCC1.[Y]. The molecule has 15 heavy (non-hydrogen) atoms. The summed E-state index contributed by atoms with van der Waals surface area (Å²) in [7, 11) is 4.46. The largest absolute Gasteiger partial charge is 0.328 e. The van der Waals surface area contributed by atoms with Crippen molar-refractivity contribution in [2.75, 3.05) is 14.1 Å². The number of hydrogen-bond donors (Lipinski definition) is 0. The Morgan fingerprint density at radius 3 is 2.20 bits per heavy atom. The van der Waals surface area contributed by atoms with Gasteiger partial charge in [0, 0.05) is 38.2 Å². The predicted octanol–water partition coefficient (Wildman–Crippen LogP) is 3.89. The summed E-state index contributed by atoms with van der Waals surface area (Å²) in [6.07, 6.45) is 10.5. The van der Waals surface area contributed by atoms with Crippen LogP contribution >= 0.6 is 0 Å². The van der Waals surface area contributed by atoms with E-state index in [1.165, 1.54) is 38.5 Å². The molecule has 0 N–H and O–H groups in total. The molecule has 1 fully saturated rings. The second kappa shape index (κ2) is 10.2. The molecule has 1 aliphatic rings. The molecule has 0 spiro atoms. The minimum atomic E-state index is 0. The fourth-order valence-corrected chi connectivity index (χ4v) is 2.33. The van der Waals surface area contributed by atoms with Gasteiger partial charge in [0.15, 0.2) is 0 Å². The molecular weight excluding hydrogens is 259 g/mol. The fraction of sp³-hybridized carbons (Fsp3) is 0.923. The van der Waals surface area contributed by atoms with Crippen molar-refractivity contribution < 1.29 is 32.7 Å². The zero-order valence-corrected chi connectivity index (χ0v) is 14.2.